The molecule has 1 N–H and O–H groups in total. The van der Waals surface area contributed by atoms with Crippen LogP contribution in [0.3, 0.4) is 0 Å². The molecule has 8 heteroatoms. The van der Waals surface area contributed by atoms with E-state index >= 15 is 0 Å². The van der Waals surface area contributed by atoms with Crippen LogP contribution in [-0.4, -0.2) is 92.9 Å². The number of para-hydroxylation sites is 1. The van der Waals surface area contributed by atoms with Crippen LogP contribution in [0.15, 0.2) is 47.7 Å². The second-order valence-corrected chi connectivity index (χ2v) is 7.59. The predicted molar refractivity (Wildman–Crippen MR) is 118 cm³/mol. The van der Waals surface area contributed by atoms with Crippen LogP contribution < -0.4 is 5.32 Å². The van der Waals surface area contributed by atoms with E-state index < -0.39 is 0 Å². The Balaban J connectivity index is 0.000000278. The summed E-state index contributed by atoms with van der Waals surface area (Å²) < 4.78 is 0. The van der Waals surface area contributed by atoms with E-state index in [1.807, 2.05) is 68.4 Å². The third kappa shape index (κ3) is 6.32. The van der Waals surface area contributed by atoms with Crippen LogP contribution in [0.4, 0.5) is 5.69 Å². The van der Waals surface area contributed by atoms with Crippen LogP contribution in [0.1, 0.15) is 0 Å². The molecule has 3 rings (SSSR count). The van der Waals surface area contributed by atoms with E-state index in [9.17, 15) is 9.59 Å². The van der Waals surface area contributed by atoms with Gasteiger partial charge < -0.3 is 20.1 Å². The highest BCUT2D eigenvalue weighted by Gasteiger charge is 2.32. The molecular weight excluding hydrogens is 390 g/mol. The van der Waals surface area contributed by atoms with Crippen LogP contribution in [0.25, 0.3) is 0 Å². The molecule has 1 fully saturated rings. The van der Waals surface area contributed by atoms with Gasteiger partial charge in [-0.05, 0) is 26.2 Å². The molecule has 158 valence electrons. The number of anilines is 1. The molecule has 29 heavy (non-hydrogen) atoms. The van der Waals surface area contributed by atoms with E-state index in [4.69, 9.17) is 11.6 Å². The summed E-state index contributed by atoms with van der Waals surface area (Å²) in [4.78, 5) is 27.0. The summed E-state index contributed by atoms with van der Waals surface area (Å²) in [6.45, 7) is 3.33. The fourth-order valence-electron chi connectivity index (χ4n) is 3.19. The van der Waals surface area contributed by atoms with Crippen molar-refractivity contribution in [2.24, 2.45) is 0 Å². The van der Waals surface area contributed by atoms with Crippen molar-refractivity contribution in [2.45, 2.75) is 0 Å². The zero-order chi connectivity index (χ0) is 21.4. The number of benzene rings is 1. The van der Waals surface area contributed by atoms with Crippen LogP contribution >= 0.6 is 11.6 Å². The lowest BCUT2D eigenvalue weighted by molar-refractivity contribution is -0.128. The van der Waals surface area contributed by atoms with E-state index in [1.54, 1.807) is 11.0 Å². The summed E-state index contributed by atoms with van der Waals surface area (Å²) in [5.74, 6) is 0.0128. The highest BCUT2D eigenvalue weighted by atomic mass is 35.5. The lowest BCUT2D eigenvalue weighted by Gasteiger charge is -2.38. The molecular formula is C21H30ClN5O2. The van der Waals surface area contributed by atoms with Crippen LogP contribution in [0.5, 0.6) is 0 Å². The van der Waals surface area contributed by atoms with Gasteiger partial charge in [0, 0.05) is 45.4 Å². The maximum absolute atomic E-state index is 12.1. The molecule has 2 aliphatic rings. The Morgan fingerprint density at radius 3 is 2.55 bits per heavy atom. The first-order valence-electron chi connectivity index (χ1n) is 9.55. The second-order valence-electron chi connectivity index (χ2n) is 7.18. The van der Waals surface area contributed by atoms with Crippen LogP contribution in [0, 0.1) is 0 Å². The second kappa shape index (κ2) is 11.0. The summed E-state index contributed by atoms with van der Waals surface area (Å²) in [5, 5.41) is 7.85. The molecule has 0 aliphatic carbocycles. The number of hydrazine groups is 1. The SMILES string of the molecule is CN(C)C/C=C/C(=O)N1CCN2C(=C(C=O)CN2C)C1.CNc1ccccc1Cl. The molecule has 0 bridgehead atoms. The molecule has 1 saturated heterocycles. The number of hydrogen-bond acceptors (Lipinski definition) is 6. The number of aldehydes is 1. The minimum Gasteiger partial charge on any atom is -0.387 e. The normalized spacial score (nSPS) is 16.8. The number of carbonyl (C=O) groups is 2. The fourth-order valence-corrected chi connectivity index (χ4v) is 3.42. The quantitative estimate of drug-likeness (QED) is 0.581. The molecule has 0 unspecified atom stereocenters. The Bertz CT molecular complexity index is 778. The lowest BCUT2D eigenvalue weighted by Crippen LogP contribution is -2.49. The van der Waals surface area contributed by atoms with Crippen molar-refractivity contribution in [3.8, 4) is 0 Å². The summed E-state index contributed by atoms with van der Waals surface area (Å²) in [7, 11) is 7.73. The van der Waals surface area contributed by atoms with Gasteiger partial charge in [0.15, 0.2) is 0 Å². The van der Waals surface area contributed by atoms with Gasteiger partial charge in [0.25, 0.3) is 0 Å². The number of fused-ring (bicyclic) bond motifs is 1. The van der Waals surface area contributed by atoms with Crippen molar-refractivity contribution in [3.05, 3.63) is 52.7 Å². The topological polar surface area (TPSA) is 59.1 Å². The number of amides is 1. The van der Waals surface area contributed by atoms with Gasteiger partial charge in [0.05, 0.1) is 29.5 Å². The zero-order valence-corrected chi connectivity index (χ0v) is 18.3. The van der Waals surface area contributed by atoms with Gasteiger partial charge >= 0.3 is 0 Å². The first-order valence-corrected chi connectivity index (χ1v) is 9.93. The first-order chi connectivity index (χ1) is 13.9. The molecule has 0 spiro atoms. The lowest BCUT2D eigenvalue weighted by atomic mass is 10.2. The number of carbonyl (C=O) groups excluding carboxylic acids is 2. The van der Waals surface area contributed by atoms with Gasteiger partial charge in [-0.25, -0.2) is 5.01 Å². The molecule has 0 saturated carbocycles. The molecule has 2 heterocycles. The van der Waals surface area contributed by atoms with Crippen molar-refractivity contribution >= 4 is 29.5 Å². The Hall–Kier alpha value is -2.35. The maximum atomic E-state index is 12.1. The van der Waals surface area contributed by atoms with Crippen molar-refractivity contribution in [1.82, 2.24) is 19.8 Å². The summed E-state index contributed by atoms with van der Waals surface area (Å²) in [5.41, 5.74) is 2.71. The average Bonchev–Trinajstić information content (AvgIpc) is 3.03. The van der Waals surface area contributed by atoms with Crippen LogP contribution in [0.2, 0.25) is 5.02 Å². The number of rotatable bonds is 5. The van der Waals surface area contributed by atoms with E-state index in [0.29, 0.717) is 19.6 Å². The number of likely N-dealkylation sites (N-methyl/N-ethyl adjacent to an activating group) is 2. The molecule has 1 amide bonds. The van der Waals surface area contributed by atoms with Gasteiger partial charge in [-0.3, -0.25) is 9.59 Å². The first kappa shape index (κ1) is 22.9. The zero-order valence-electron chi connectivity index (χ0n) is 17.6. The van der Waals surface area contributed by atoms with E-state index in [2.05, 4.69) is 10.3 Å². The van der Waals surface area contributed by atoms with Gasteiger partial charge in [0.1, 0.15) is 6.29 Å². The van der Waals surface area contributed by atoms with Gasteiger partial charge in [-0.2, -0.15) is 0 Å². The third-order valence-electron chi connectivity index (χ3n) is 4.74. The number of piperazine rings is 1. The minimum atomic E-state index is 0.0128. The summed E-state index contributed by atoms with van der Waals surface area (Å²) in [6, 6.07) is 7.64. The highest BCUT2D eigenvalue weighted by Crippen LogP contribution is 2.25. The van der Waals surface area contributed by atoms with Crippen molar-refractivity contribution in [3.63, 3.8) is 0 Å². The standard InChI is InChI=1S/C14H22N4O2.C7H8ClN/c1-15(2)6-4-5-14(20)17-7-8-18-13(10-17)12(11-19)9-16(18)3;1-9-7-5-3-2-4-6(7)8/h4-5,11H,6-10H2,1-3H3;2-5,9H,1H3/b5-4+;. The van der Waals surface area contributed by atoms with E-state index in [1.165, 1.54) is 0 Å². The fraction of sp³-hybridized carbons (Fsp3) is 0.429. The number of hydrogen-bond donors (Lipinski definition) is 1. The molecule has 1 aromatic carbocycles. The molecule has 7 nitrogen and oxygen atoms in total. The molecule has 2 aliphatic heterocycles. The molecule has 0 atom stereocenters. The smallest absolute Gasteiger partial charge is 0.246 e. The summed E-state index contributed by atoms with van der Waals surface area (Å²) >= 11 is 5.76. The third-order valence-corrected chi connectivity index (χ3v) is 5.07. The molecule has 0 radical (unpaired) electrons. The van der Waals surface area contributed by atoms with Crippen molar-refractivity contribution in [2.75, 3.05) is 66.2 Å². The Kier molecular flexibility index (Phi) is 8.70. The van der Waals surface area contributed by atoms with Crippen LogP contribution in [-0.2, 0) is 9.59 Å². The number of nitrogens with one attached hydrogen (secondary N) is 1. The number of nitrogens with zero attached hydrogens (tertiary/aromatic N) is 4. The Morgan fingerprint density at radius 2 is 1.97 bits per heavy atom. The molecule has 1 aromatic rings. The van der Waals surface area contributed by atoms with Gasteiger partial charge in [-0.15, -0.1) is 0 Å². The summed E-state index contributed by atoms with van der Waals surface area (Å²) in [6.07, 6.45) is 4.39. The van der Waals surface area contributed by atoms with E-state index in [-0.39, 0.29) is 5.91 Å². The van der Waals surface area contributed by atoms with Crippen molar-refractivity contribution in [1.29, 1.82) is 0 Å². The average molecular weight is 420 g/mol. The highest BCUT2D eigenvalue weighted by molar-refractivity contribution is 6.33. The Morgan fingerprint density at radius 1 is 1.24 bits per heavy atom. The number of halogens is 1. The molecule has 0 aromatic heterocycles. The van der Waals surface area contributed by atoms with Crippen molar-refractivity contribution < 1.29 is 9.59 Å². The van der Waals surface area contributed by atoms with Gasteiger partial charge in [-0.1, -0.05) is 29.8 Å². The monoisotopic (exact) mass is 419 g/mol. The maximum Gasteiger partial charge on any atom is 0.246 e. The largest absolute Gasteiger partial charge is 0.387 e. The van der Waals surface area contributed by atoms with E-state index in [0.717, 1.165) is 41.4 Å². The minimum absolute atomic E-state index is 0.0128. The predicted octanol–water partition coefficient (Wildman–Crippen LogP) is 1.94. The van der Waals surface area contributed by atoms with Gasteiger partial charge in [0.2, 0.25) is 5.91 Å². The Labute approximate surface area is 178 Å².